The molecule has 84 valence electrons. The zero-order chi connectivity index (χ0) is 10.9. The summed E-state index contributed by atoms with van der Waals surface area (Å²) in [5.74, 6) is 0.894. The molecule has 1 aromatic rings. The topological polar surface area (TPSA) is 43.4 Å². The van der Waals surface area contributed by atoms with Gasteiger partial charge < -0.3 is 14.8 Å². The van der Waals surface area contributed by atoms with Crippen molar-refractivity contribution in [2.75, 3.05) is 32.2 Å². The zero-order valence-corrected chi connectivity index (χ0v) is 9.32. The molecule has 4 heteroatoms. The minimum absolute atomic E-state index is 0.530. The van der Waals surface area contributed by atoms with Crippen molar-refractivity contribution in [3.05, 3.63) is 23.9 Å². The molecule has 0 aliphatic heterocycles. The number of pyridine rings is 1. The van der Waals surface area contributed by atoms with Gasteiger partial charge in [0, 0.05) is 13.7 Å². The van der Waals surface area contributed by atoms with Crippen molar-refractivity contribution in [2.24, 2.45) is 0 Å². The van der Waals surface area contributed by atoms with E-state index in [1.165, 1.54) is 0 Å². The highest BCUT2D eigenvalue weighted by molar-refractivity contribution is 5.34. The average molecular weight is 210 g/mol. The van der Waals surface area contributed by atoms with Crippen LogP contribution in [0.3, 0.4) is 0 Å². The van der Waals surface area contributed by atoms with E-state index in [0.29, 0.717) is 19.8 Å². The number of nitrogens with zero attached hydrogens (tertiary/aromatic N) is 1. The minimum Gasteiger partial charge on any atom is -0.382 e. The van der Waals surface area contributed by atoms with Crippen LogP contribution < -0.4 is 5.32 Å². The second kappa shape index (κ2) is 7.20. The Bertz CT molecular complexity index is 279. The molecule has 0 amide bonds. The fourth-order valence-corrected chi connectivity index (χ4v) is 1.16. The van der Waals surface area contributed by atoms with Crippen LogP contribution in [0.4, 0.5) is 5.82 Å². The third-order valence-electron chi connectivity index (χ3n) is 1.85. The molecule has 0 aliphatic rings. The summed E-state index contributed by atoms with van der Waals surface area (Å²) in [7, 11) is 1.66. The Hall–Kier alpha value is -1.13. The molecule has 0 bridgehead atoms. The predicted octanol–water partition coefficient (Wildman–Crippen LogP) is 1.68. The maximum Gasteiger partial charge on any atom is 0.126 e. The van der Waals surface area contributed by atoms with E-state index >= 15 is 0 Å². The molecular formula is C11H18N2O2. The van der Waals surface area contributed by atoms with Gasteiger partial charge in [-0.25, -0.2) is 4.98 Å². The maximum absolute atomic E-state index is 5.38. The van der Waals surface area contributed by atoms with Gasteiger partial charge in [0.15, 0.2) is 0 Å². The van der Waals surface area contributed by atoms with Gasteiger partial charge in [-0.1, -0.05) is 6.07 Å². The van der Waals surface area contributed by atoms with Crippen molar-refractivity contribution >= 4 is 5.82 Å². The Morgan fingerprint density at radius 3 is 2.93 bits per heavy atom. The summed E-state index contributed by atoms with van der Waals surface area (Å²) in [6.07, 6.45) is 0. The lowest BCUT2D eigenvalue weighted by Crippen LogP contribution is -2.05. The molecule has 0 saturated heterocycles. The molecule has 0 aromatic carbocycles. The molecule has 0 atom stereocenters. The highest BCUT2D eigenvalue weighted by atomic mass is 16.5. The van der Waals surface area contributed by atoms with Crippen LogP contribution in [-0.2, 0) is 16.1 Å². The normalized spacial score (nSPS) is 10.3. The zero-order valence-electron chi connectivity index (χ0n) is 9.32. The minimum atomic E-state index is 0.530. The SMILES string of the molecule is CCNc1cccc(COCCOC)n1. The van der Waals surface area contributed by atoms with Crippen molar-refractivity contribution in [3.8, 4) is 0 Å². The van der Waals surface area contributed by atoms with Crippen molar-refractivity contribution < 1.29 is 9.47 Å². The second-order valence-electron chi connectivity index (χ2n) is 3.09. The first-order chi connectivity index (χ1) is 7.36. The molecule has 0 aliphatic carbocycles. The molecule has 0 unspecified atom stereocenters. The van der Waals surface area contributed by atoms with Crippen molar-refractivity contribution in [1.29, 1.82) is 0 Å². The largest absolute Gasteiger partial charge is 0.382 e. The Morgan fingerprint density at radius 1 is 1.33 bits per heavy atom. The molecule has 4 nitrogen and oxygen atoms in total. The fourth-order valence-electron chi connectivity index (χ4n) is 1.16. The van der Waals surface area contributed by atoms with Crippen LogP contribution >= 0.6 is 0 Å². The van der Waals surface area contributed by atoms with Crippen LogP contribution in [0, 0.1) is 0 Å². The maximum atomic E-state index is 5.38. The lowest BCUT2D eigenvalue weighted by Gasteiger charge is -2.06. The highest BCUT2D eigenvalue weighted by Crippen LogP contribution is 2.05. The highest BCUT2D eigenvalue weighted by Gasteiger charge is 1.96. The molecule has 1 aromatic heterocycles. The van der Waals surface area contributed by atoms with Crippen LogP contribution in [0.15, 0.2) is 18.2 Å². The van der Waals surface area contributed by atoms with Gasteiger partial charge in [-0.05, 0) is 19.1 Å². The summed E-state index contributed by atoms with van der Waals surface area (Å²) < 4.78 is 10.3. The van der Waals surface area contributed by atoms with E-state index < -0.39 is 0 Å². The number of nitrogens with one attached hydrogen (secondary N) is 1. The average Bonchev–Trinajstić information content (AvgIpc) is 2.26. The van der Waals surface area contributed by atoms with Crippen LogP contribution in [0.2, 0.25) is 0 Å². The monoisotopic (exact) mass is 210 g/mol. The van der Waals surface area contributed by atoms with Crippen molar-refractivity contribution in [1.82, 2.24) is 4.98 Å². The summed E-state index contributed by atoms with van der Waals surface area (Å²) in [4.78, 5) is 4.38. The van der Waals surface area contributed by atoms with Gasteiger partial charge in [-0.15, -0.1) is 0 Å². The Balaban J connectivity index is 2.36. The summed E-state index contributed by atoms with van der Waals surface area (Å²) in [5.41, 5.74) is 0.935. The first-order valence-electron chi connectivity index (χ1n) is 5.13. The van der Waals surface area contributed by atoms with E-state index in [1.54, 1.807) is 7.11 Å². The van der Waals surface area contributed by atoms with Crippen LogP contribution in [-0.4, -0.2) is 31.9 Å². The first kappa shape index (κ1) is 11.9. The van der Waals surface area contributed by atoms with Gasteiger partial charge in [0.05, 0.1) is 25.5 Å². The number of rotatable bonds is 7. The number of aromatic nitrogens is 1. The van der Waals surface area contributed by atoms with Crippen molar-refractivity contribution in [2.45, 2.75) is 13.5 Å². The van der Waals surface area contributed by atoms with E-state index in [4.69, 9.17) is 9.47 Å². The lowest BCUT2D eigenvalue weighted by atomic mass is 10.3. The second-order valence-corrected chi connectivity index (χ2v) is 3.09. The standard InChI is InChI=1S/C11H18N2O2/c1-3-12-11-6-4-5-10(13-11)9-15-8-7-14-2/h4-6H,3,7-9H2,1-2H3,(H,12,13). The summed E-state index contributed by atoms with van der Waals surface area (Å²) >= 11 is 0. The molecule has 1 rings (SSSR count). The van der Waals surface area contributed by atoms with Crippen LogP contribution in [0.1, 0.15) is 12.6 Å². The van der Waals surface area contributed by atoms with Gasteiger partial charge in [-0.3, -0.25) is 0 Å². The fraction of sp³-hybridized carbons (Fsp3) is 0.545. The van der Waals surface area contributed by atoms with Gasteiger partial charge in [0.1, 0.15) is 5.82 Å². The number of hydrogen-bond acceptors (Lipinski definition) is 4. The Labute approximate surface area is 90.6 Å². The van der Waals surface area contributed by atoms with Crippen LogP contribution in [0.5, 0.6) is 0 Å². The predicted molar refractivity (Wildman–Crippen MR) is 59.9 cm³/mol. The molecule has 0 fully saturated rings. The Morgan fingerprint density at radius 2 is 2.20 bits per heavy atom. The molecule has 15 heavy (non-hydrogen) atoms. The number of methoxy groups -OCH3 is 1. The van der Waals surface area contributed by atoms with E-state index in [9.17, 15) is 0 Å². The van der Waals surface area contributed by atoms with E-state index in [-0.39, 0.29) is 0 Å². The smallest absolute Gasteiger partial charge is 0.126 e. The van der Waals surface area contributed by atoms with Gasteiger partial charge >= 0.3 is 0 Å². The molecular weight excluding hydrogens is 192 g/mol. The quantitative estimate of drug-likeness (QED) is 0.695. The molecule has 1 heterocycles. The molecule has 1 N–H and O–H groups in total. The third kappa shape index (κ3) is 4.76. The van der Waals surface area contributed by atoms with Gasteiger partial charge in [0.25, 0.3) is 0 Å². The molecule has 0 spiro atoms. The molecule has 0 radical (unpaired) electrons. The number of ether oxygens (including phenoxy) is 2. The summed E-state index contributed by atoms with van der Waals surface area (Å²) in [5, 5.41) is 3.16. The van der Waals surface area contributed by atoms with Gasteiger partial charge in [-0.2, -0.15) is 0 Å². The van der Waals surface area contributed by atoms with Crippen LogP contribution in [0.25, 0.3) is 0 Å². The Kier molecular flexibility index (Phi) is 5.73. The van der Waals surface area contributed by atoms with E-state index in [2.05, 4.69) is 10.3 Å². The van der Waals surface area contributed by atoms with Crippen molar-refractivity contribution in [3.63, 3.8) is 0 Å². The number of anilines is 1. The first-order valence-corrected chi connectivity index (χ1v) is 5.13. The van der Waals surface area contributed by atoms with E-state index in [0.717, 1.165) is 18.1 Å². The summed E-state index contributed by atoms with van der Waals surface area (Å²) in [6, 6.07) is 5.87. The van der Waals surface area contributed by atoms with E-state index in [1.807, 2.05) is 25.1 Å². The van der Waals surface area contributed by atoms with Gasteiger partial charge in [0.2, 0.25) is 0 Å². The lowest BCUT2D eigenvalue weighted by molar-refractivity contribution is 0.0602. The number of hydrogen-bond donors (Lipinski definition) is 1. The third-order valence-corrected chi connectivity index (χ3v) is 1.85. The summed E-state index contributed by atoms with van der Waals surface area (Å²) in [6.45, 7) is 4.67. The molecule has 0 saturated carbocycles.